The minimum atomic E-state index is -0.433. The summed E-state index contributed by atoms with van der Waals surface area (Å²) in [7, 11) is 0. The average molecular weight is 346 g/mol. The van der Waals surface area contributed by atoms with Crippen LogP contribution in [0.4, 0.5) is 14.6 Å². The van der Waals surface area contributed by atoms with Crippen molar-refractivity contribution >= 4 is 28.5 Å². The molecule has 0 bridgehead atoms. The summed E-state index contributed by atoms with van der Waals surface area (Å²) in [5, 5.41) is 0.523. The minimum absolute atomic E-state index is 0.235. The van der Waals surface area contributed by atoms with Crippen molar-refractivity contribution in [3.05, 3.63) is 64.8 Å². The summed E-state index contributed by atoms with van der Waals surface area (Å²) >= 11 is 6.20. The maximum Gasteiger partial charge on any atom is 0.129 e. The Hall–Kier alpha value is -2.27. The van der Waals surface area contributed by atoms with Gasteiger partial charge in [0, 0.05) is 18.3 Å². The molecule has 2 aromatic heterocycles. The van der Waals surface area contributed by atoms with Crippen molar-refractivity contribution in [3.8, 4) is 0 Å². The van der Waals surface area contributed by atoms with Gasteiger partial charge >= 0.3 is 0 Å². The largest absolute Gasteiger partial charge is 0.349 e. The van der Waals surface area contributed by atoms with Crippen LogP contribution in [0.1, 0.15) is 24.4 Å². The zero-order chi connectivity index (χ0) is 16.7. The maximum atomic E-state index is 14.2. The van der Waals surface area contributed by atoms with Gasteiger partial charge in [-0.25, -0.2) is 13.8 Å². The van der Waals surface area contributed by atoms with Gasteiger partial charge in [-0.05, 0) is 49.2 Å². The molecular formula is C18H14ClF2N3. The van der Waals surface area contributed by atoms with E-state index >= 15 is 0 Å². The quantitative estimate of drug-likeness (QED) is 0.661. The molecule has 3 aromatic rings. The molecule has 1 aromatic carbocycles. The molecule has 4 rings (SSSR count). The van der Waals surface area contributed by atoms with Crippen LogP contribution in [0.2, 0.25) is 5.02 Å². The zero-order valence-corrected chi connectivity index (χ0v) is 13.5. The van der Waals surface area contributed by atoms with Crippen LogP contribution in [0, 0.1) is 11.6 Å². The van der Waals surface area contributed by atoms with Gasteiger partial charge in [-0.2, -0.15) is 0 Å². The second-order valence-electron chi connectivity index (χ2n) is 5.85. The molecule has 0 N–H and O–H groups in total. The fourth-order valence-corrected chi connectivity index (χ4v) is 3.47. The van der Waals surface area contributed by atoms with Gasteiger partial charge < -0.3 is 4.90 Å². The van der Waals surface area contributed by atoms with Crippen LogP contribution in [0.25, 0.3) is 11.0 Å². The van der Waals surface area contributed by atoms with Crippen LogP contribution >= 0.6 is 11.6 Å². The Labute approximate surface area is 142 Å². The summed E-state index contributed by atoms with van der Waals surface area (Å²) < 4.78 is 27.7. The molecule has 1 atom stereocenters. The monoisotopic (exact) mass is 345 g/mol. The topological polar surface area (TPSA) is 29.0 Å². The molecular weight excluding hydrogens is 332 g/mol. The van der Waals surface area contributed by atoms with E-state index in [-0.39, 0.29) is 6.04 Å². The Bertz CT molecular complexity index is 916. The number of rotatable bonds is 2. The number of aromatic nitrogens is 2. The summed E-state index contributed by atoms with van der Waals surface area (Å²) in [5.74, 6) is -0.130. The third-order valence-corrected chi connectivity index (χ3v) is 4.69. The van der Waals surface area contributed by atoms with Crippen LogP contribution < -0.4 is 4.90 Å². The van der Waals surface area contributed by atoms with E-state index in [9.17, 15) is 8.78 Å². The molecule has 1 aliphatic heterocycles. The van der Waals surface area contributed by atoms with Crippen molar-refractivity contribution in [1.82, 2.24) is 9.97 Å². The van der Waals surface area contributed by atoms with Crippen molar-refractivity contribution in [3.63, 3.8) is 0 Å². The first-order chi connectivity index (χ1) is 11.6. The lowest BCUT2D eigenvalue weighted by Crippen LogP contribution is -2.24. The first-order valence-corrected chi connectivity index (χ1v) is 8.14. The van der Waals surface area contributed by atoms with Gasteiger partial charge in [0.05, 0.1) is 16.6 Å². The van der Waals surface area contributed by atoms with Crippen molar-refractivity contribution in [1.29, 1.82) is 0 Å². The number of pyridine rings is 2. The van der Waals surface area contributed by atoms with E-state index in [2.05, 4.69) is 9.97 Å². The third kappa shape index (κ3) is 2.59. The number of nitrogens with zero attached hydrogens (tertiary/aromatic N) is 3. The molecule has 24 heavy (non-hydrogen) atoms. The summed E-state index contributed by atoms with van der Waals surface area (Å²) in [6.45, 7) is 0.733. The van der Waals surface area contributed by atoms with Crippen molar-refractivity contribution in [2.75, 3.05) is 11.4 Å². The minimum Gasteiger partial charge on any atom is -0.349 e. The van der Waals surface area contributed by atoms with Gasteiger partial charge in [-0.15, -0.1) is 0 Å². The first kappa shape index (κ1) is 15.3. The Morgan fingerprint density at radius 3 is 2.88 bits per heavy atom. The van der Waals surface area contributed by atoms with Crippen molar-refractivity contribution in [2.45, 2.75) is 18.9 Å². The number of benzene rings is 1. The zero-order valence-electron chi connectivity index (χ0n) is 12.7. The van der Waals surface area contributed by atoms with Crippen LogP contribution in [0.15, 0.2) is 42.6 Å². The number of anilines is 1. The van der Waals surface area contributed by atoms with Crippen LogP contribution in [-0.4, -0.2) is 16.5 Å². The van der Waals surface area contributed by atoms with E-state index < -0.39 is 11.6 Å². The molecule has 0 radical (unpaired) electrons. The van der Waals surface area contributed by atoms with Gasteiger partial charge in [-0.1, -0.05) is 11.6 Å². The Morgan fingerprint density at radius 2 is 2.00 bits per heavy atom. The highest BCUT2D eigenvalue weighted by molar-refractivity contribution is 6.34. The standard InChI is InChI=1S/C18H14ClF2N3/c19-13-7-8-22-15-5-6-17(23-18(13)15)24-9-1-2-16(24)12-10-11(20)3-4-14(12)21/h3-8,10,16H,1-2,9H2. The number of fused-ring (bicyclic) bond motifs is 1. The lowest BCUT2D eigenvalue weighted by Gasteiger charge is -2.26. The average Bonchev–Trinajstić information content (AvgIpc) is 3.06. The molecule has 3 nitrogen and oxygen atoms in total. The summed E-state index contributed by atoms with van der Waals surface area (Å²) in [4.78, 5) is 10.8. The number of hydrogen-bond acceptors (Lipinski definition) is 3. The molecule has 0 saturated carbocycles. The van der Waals surface area contributed by atoms with E-state index in [4.69, 9.17) is 11.6 Å². The predicted molar refractivity (Wildman–Crippen MR) is 90.2 cm³/mol. The van der Waals surface area contributed by atoms with Crippen LogP contribution in [-0.2, 0) is 0 Å². The molecule has 122 valence electrons. The van der Waals surface area contributed by atoms with Gasteiger partial charge in [0.25, 0.3) is 0 Å². The molecule has 0 aliphatic carbocycles. The predicted octanol–water partition coefficient (Wildman–Crippen LogP) is 4.90. The smallest absolute Gasteiger partial charge is 0.129 e. The van der Waals surface area contributed by atoms with E-state index in [1.807, 2.05) is 17.0 Å². The number of hydrogen-bond donors (Lipinski definition) is 0. The molecule has 0 spiro atoms. The molecule has 0 amide bonds. The van der Waals surface area contributed by atoms with Crippen molar-refractivity contribution in [2.24, 2.45) is 0 Å². The maximum absolute atomic E-state index is 14.2. The molecule has 1 saturated heterocycles. The fourth-order valence-electron chi connectivity index (χ4n) is 3.28. The molecule has 1 fully saturated rings. The Kier molecular flexibility index (Phi) is 3.81. The van der Waals surface area contributed by atoms with Gasteiger partial charge in [0.1, 0.15) is 23.0 Å². The highest BCUT2D eigenvalue weighted by atomic mass is 35.5. The lowest BCUT2D eigenvalue weighted by molar-refractivity contribution is 0.560. The molecule has 6 heteroatoms. The van der Waals surface area contributed by atoms with E-state index in [0.29, 0.717) is 27.4 Å². The molecule has 1 aliphatic rings. The highest BCUT2D eigenvalue weighted by Gasteiger charge is 2.29. The second kappa shape index (κ2) is 5.98. The summed E-state index contributed by atoms with van der Waals surface area (Å²) in [6, 6.07) is 8.74. The second-order valence-corrected chi connectivity index (χ2v) is 6.25. The van der Waals surface area contributed by atoms with Gasteiger partial charge in [0.2, 0.25) is 0 Å². The van der Waals surface area contributed by atoms with Crippen LogP contribution in [0.5, 0.6) is 0 Å². The highest BCUT2D eigenvalue weighted by Crippen LogP contribution is 2.37. The summed E-state index contributed by atoms with van der Waals surface area (Å²) in [6.07, 6.45) is 3.27. The molecule has 1 unspecified atom stereocenters. The number of halogens is 3. The lowest BCUT2D eigenvalue weighted by atomic mass is 10.0. The normalized spacial score (nSPS) is 17.6. The third-order valence-electron chi connectivity index (χ3n) is 4.38. The van der Waals surface area contributed by atoms with E-state index in [1.165, 1.54) is 12.1 Å². The van der Waals surface area contributed by atoms with Crippen molar-refractivity contribution < 1.29 is 8.78 Å². The van der Waals surface area contributed by atoms with Gasteiger partial charge in [0.15, 0.2) is 0 Å². The Balaban J connectivity index is 1.78. The Morgan fingerprint density at radius 1 is 1.12 bits per heavy atom. The fraction of sp³-hybridized carbons (Fsp3) is 0.222. The molecule has 3 heterocycles. The summed E-state index contributed by atoms with van der Waals surface area (Å²) in [5.41, 5.74) is 1.69. The van der Waals surface area contributed by atoms with Gasteiger partial charge in [-0.3, -0.25) is 4.98 Å². The van der Waals surface area contributed by atoms with E-state index in [0.717, 1.165) is 25.5 Å². The van der Waals surface area contributed by atoms with E-state index in [1.54, 1.807) is 12.3 Å². The SMILES string of the molecule is Fc1ccc(F)c(C2CCCN2c2ccc3nccc(Cl)c3n2)c1. The van der Waals surface area contributed by atoms with Crippen LogP contribution in [0.3, 0.4) is 0 Å². The first-order valence-electron chi connectivity index (χ1n) is 7.76.